The van der Waals surface area contributed by atoms with Gasteiger partial charge < -0.3 is 10.4 Å². The molecule has 2 unspecified atom stereocenters. The van der Waals surface area contributed by atoms with Gasteiger partial charge in [0, 0.05) is 18.7 Å². The Morgan fingerprint density at radius 1 is 1.00 bits per heavy atom. The molecule has 1 aliphatic rings. The van der Waals surface area contributed by atoms with Crippen molar-refractivity contribution < 1.29 is 5.11 Å². The number of aliphatic hydroxyl groups is 1. The van der Waals surface area contributed by atoms with E-state index in [-0.39, 0.29) is 6.61 Å². The highest BCUT2D eigenvalue weighted by Crippen LogP contribution is 2.25. The first-order valence-electron chi connectivity index (χ1n) is 8.35. The molecule has 2 aromatic carbocycles. The maximum absolute atomic E-state index is 9.17. The van der Waals surface area contributed by atoms with E-state index < -0.39 is 0 Å². The van der Waals surface area contributed by atoms with Crippen LogP contribution in [0.15, 0.2) is 54.6 Å². The standard InChI is InChI=1S/C20H25NO/c22-14-6-11-20(17-8-2-1-3-9-17)21-19-13-12-16-7-4-5-10-18(16)15-19/h1-5,7-10,19-22H,6,11-15H2. The molecule has 0 amide bonds. The molecule has 2 aromatic rings. The quantitative estimate of drug-likeness (QED) is 0.852. The number of aryl methyl sites for hydroxylation is 1. The smallest absolute Gasteiger partial charge is 0.0431 e. The third kappa shape index (κ3) is 3.76. The lowest BCUT2D eigenvalue weighted by Crippen LogP contribution is -2.37. The highest BCUT2D eigenvalue weighted by atomic mass is 16.2. The normalized spacial score (nSPS) is 18.7. The molecule has 0 aliphatic heterocycles. The highest BCUT2D eigenvalue weighted by Gasteiger charge is 2.21. The van der Waals surface area contributed by atoms with E-state index >= 15 is 0 Å². The van der Waals surface area contributed by atoms with Crippen LogP contribution in [0.3, 0.4) is 0 Å². The van der Waals surface area contributed by atoms with Crippen LogP contribution in [0.1, 0.15) is 42.0 Å². The summed E-state index contributed by atoms with van der Waals surface area (Å²) in [6, 6.07) is 20.3. The van der Waals surface area contributed by atoms with E-state index in [1.54, 1.807) is 0 Å². The van der Waals surface area contributed by atoms with Gasteiger partial charge in [-0.3, -0.25) is 0 Å². The summed E-state index contributed by atoms with van der Waals surface area (Å²) in [5.41, 5.74) is 4.32. The number of hydrogen-bond acceptors (Lipinski definition) is 2. The minimum atomic E-state index is 0.262. The number of aliphatic hydroxyl groups excluding tert-OH is 1. The Bertz CT molecular complexity index is 581. The van der Waals surface area contributed by atoms with E-state index in [9.17, 15) is 5.11 Å². The topological polar surface area (TPSA) is 32.3 Å². The molecule has 2 atom stereocenters. The van der Waals surface area contributed by atoms with Crippen molar-refractivity contribution in [2.45, 2.75) is 44.2 Å². The van der Waals surface area contributed by atoms with Crippen LogP contribution in [0, 0.1) is 0 Å². The fraction of sp³-hybridized carbons (Fsp3) is 0.400. The summed E-state index contributed by atoms with van der Waals surface area (Å²) in [5, 5.41) is 13.0. The average molecular weight is 295 g/mol. The molecule has 0 saturated carbocycles. The number of nitrogens with one attached hydrogen (secondary N) is 1. The Balaban J connectivity index is 1.69. The molecule has 0 saturated heterocycles. The maximum Gasteiger partial charge on any atom is 0.0431 e. The van der Waals surface area contributed by atoms with Crippen molar-refractivity contribution in [2.75, 3.05) is 6.61 Å². The lowest BCUT2D eigenvalue weighted by Gasteiger charge is -2.30. The van der Waals surface area contributed by atoms with E-state index in [1.165, 1.54) is 23.1 Å². The molecule has 0 aromatic heterocycles. The summed E-state index contributed by atoms with van der Waals surface area (Å²) in [6.07, 6.45) is 5.29. The lowest BCUT2D eigenvalue weighted by atomic mass is 9.87. The van der Waals surface area contributed by atoms with Crippen molar-refractivity contribution in [1.82, 2.24) is 5.32 Å². The second-order valence-electron chi connectivity index (χ2n) is 6.20. The zero-order valence-corrected chi connectivity index (χ0v) is 13.0. The second-order valence-corrected chi connectivity index (χ2v) is 6.20. The van der Waals surface area contributed by atoms with Crippen molar-refractivity contribution in [2.24, 2.45) is 0 Å². The van der Waals surface area contributed by atoms with E-state index in [0.29, 0.717) is 12.1 Å². The zero-order valence-electron chi connectivity index (χ0n) is 13.0. The lowest BCUT2D eigenvalue weighted by molar-refractivity contribution is 0.269. The van der Waals surface area contributed by atoms with Gasteiger partial charge in [-0.1, -0.05) is 54.6 Å². The van der Waals surface area contributed by atoms with Gasteiger partial charge in [0.1, 0.15) is 0 Å². The maximum atomic E-state index is 9.17. The van der Waals surface area contributed by atoms with Crippen molar-refractivity contribution in [3.05, 3.63) is 71.3 Å². The van der Waals surface area contributed by atoms with E-state index in [0.717, 1.165) is 25.7 Å². The van der Waals surface area contributed by atoms with Gasteiger partial charge in [-0.25, -0.2) is 0 Å². The van der Waals surface area contributed by atoms with Crippen molar-refractivity contribution in [3.8, 4) is 0 Å². The van der Waals surface area contributed by atoms with Crippen LogP contribution in [0.25, 0.3) is 0 Å². The number of fused-ring (bicyclic) bond motifs is 1. The Morgan fingerprint density at radius 2 is 1.73 bits per heavy atom. The summed E-state index contributed by atoms with van der Waals surface area (Å²) in [7, 11) is 0. The van der Waals surface area contributed by atoms with Gasteiger partial charge in [0.25, 0.3) is 0 Å². The Labute approximate surface area is 133 Å². The van der Waals surface area contributed by atoms with Gasteiger partial charge in [0.2, 0.25) is 0 Å². The molecule has 0 bridgehead atoms. The Hall–Kier alpha value is -1.64. The number of benzene rings is 2. The largest absolute Gasteiger partial charge is 0.396 e. The second kappa shape index (κ2) is 7.57. The minimum Gasteiger partial charge on any atom is -0.396 e. The summed E-state index contributed by atoms with van der Waals surface area (Å²) in [4.78, 5) is 0. The first kappa shape index (κ1) is 15.3. The molecular weight excluding hydrogens is 270 g/mol. The van der Waals surface area contributed by atoms with Crippen LogP contribution in [-0.4, -0.2) is 17.8 Å². The molecule has 22 heavy (non-hydrogen) atoms. The van der Waals surface area contributed by atoms with Crippen LogP contribution in [0.2, 0.25) is 0 Å². The fourth-order valence-corrected chi connectivity index (χ4v) is 3.45. The molecule has 0 fully saturated rings. The number of hydrogen-bond donors (Lipinski definition) is 2. The monoisotopic (exact) mass is 295 g/mol. The highest BCUT2D eigenvalue weighted by molar-refractivity contribution is 5.30. The number of rotatable bonds is 6. The van der Waals surface area contributed by atoms with Gasteiger partial charge in [0.15, 0.2) is 0 Å². The van der Waals surface area contributed by atoms with Crippen LogP contribution in [-0.2, 0) is 12.8 Å². The van der Waals surface area contributed by atoms with Gasteiger partial charge in [-0.05, 0) is 48.8 Å². The van der Waals surface area contributed by atoms with Crippen LogP contribution < -0.4 is 5.32 Å². The molecule has 1 aliphatic carbocycles. The van der Waals surface area contributed by atoms with Crippen LogP contribution >= 0.6 is 0 Å². The van der Waals surface area contributed by atoms with Crippen molar-refractivity contribution in [3.63, 3.8) is 0 Å². The van der Waals surface area contributed by atoms with Crippen molar-refractivity contribution in [1.29, 1.82) is 0 Å². The fourth-order valence-electron chi connectivity index (χ4n) is 3.45. The molecule has 2 N–H and O–H groups in total. The van der Waals surface area contributed by atoms with E-state index in [2.05, 4.69) is 59.9 Å². The van der Waals surface area contributed by atoms with Crippen molar-refractivity contribution >= 4 is 0 Å². The van der Waals surface area contributed by atoms with Gasteiger partial charge in [-0.15, -0.1) is 0 Å². The third-order valence-electron chi connectivity index (χ3n) is 4.64. The molecular formula is C20H25NO. The van der Waals surface area contributed by atoms with Gasteiger partial charge in [0.05, 0.1) is 0 Å². The zero-order chi connectivity index (χ0) is 15.2. The van der Waals surface area contributed by atoms with E-state index in [1.807, 2.05) is 0 Å². The summed E-state index contributed by atoms with van der Waals surface area (Å²) >= 11 is 0. The molecule has 0 spiro atoms. The summed E-state index contributed by atoms with van der Waals surface area (Å²) < 4.78 is 0. The molecule has 2 heteroatoms. The SMILES string of the molecule is OCCCC(NC1CCc2ccccc2C1)c1ccccc1. The molecule has 2 nitrogen and oxygen atoms in total. The van der Waals surface area contributed by atoms with Gasteiger partial charge in [-0.2, -0.15) is 0 Å². The van der Waals surface area contributed by atoms with Gasteiger partial charge >= 0.3 is 0 Å². The minimum absolute atomic E-state index is 0.262. The molecule has 0 heterocycles. The summed E-state index contributed by atoms with van der Waals surface area (Å²) in [5.74, 6) is 0. The third-order valence-corrected chi connectivity index (χ3v) is 4.64. The average Bonchev–Trinajstić information content (AvgIpc) is 2.59. The summed E-state index contributed by atoms with van der Waals surface area (Å²) in [6.45, 7) is 0.262. The molecule has 116 valence electrons. The van der Waals surface area contributed by atoms with Crippen LogP contribution in [0.5, 0.6) is 0 Å². The van der Waals surface area contributed by atoms with E-state index in [4.69, 9.17) is 0 Å². The first-order chi connectivity index (χ1) is 10.9. The molecule has 3 rings (SSSR count). The Kier molecular flexibility index (Phi) is 5.25. The Morgan fingerprint density at radius 3 is 2.50 bits per heavy atom. The molecule has 0 radical (unpaired) electrons. The predicted molar refractivity (Wildman–Crippen MR) is 90.9 cm³/mol. The van der Waals surface area contributed by atoms with Crippen LogP contribution in [0.4, 0.5) is 0 Å². The predicted octanol–water partition coefficient (Wildman–Crippen LogP) is 3.65. The first-order valence-corrected chi connectivity index (χ1v) is 8.35.